The molecule has 3 rings (SSSR count). The van der Waals surface area contributed by atoms with Gasteiger partial charge >= 0.3 is 0 Å². The SMILES string of the molecule is CCc1nsc(N2CCN(C(=NC)NCCCOCC3CCCO3)CC2)n1. The molecule has 2 saturated heterocycles. The quantitative estimate of drug-likeness (QED) is 0.404. The van der Waals surface area contributed by atoms with Crippen molar-refractivity contribution < 1.29 is 9.47 Å². The van der Waals surface area contributed by atoms with E-state index in [0.29, 0.717) is 6.10 Å². The van der Waals surface area contributed by atoms with E-state index in [2.05, 4.69) is 36.4 Å². The summed E-state index contributed by atoms with van der Waals surface area (Å²) in [6.45, 7) is 9.11. The summed E-state index contributed by atoms with van der Waals surface area (Å²) in [6.07, 6.45) is 4.47. The van der Waals surface area contributed by atoms with Gasteiger partial charge in [0.1, 0.15) is 5.82 Å². The van der Waals surface area contributed by atoms with Gasteiger partial charge in [-0.1, -0.05) is 6.92 Å². The minimum Gasteiger partial charge on any atom is -0.379 e. The van der Waals surface area contributed by atoms with Crippen molar-refractivity contribution in [2.45, 2.75) is 38.7 Å². The van der Waals surface area contributed by atoms with Crippen LogP contribution in [-0.4, -0.2) is 85.9 Å². The smallest absolute Gasteiger partial charge is 0.205 e. The van der Waals surface area contributed by atoms with Gasteiger partial charge in [-0.3, -0.25) is 4.99 Å². The van der Waals surface area contributed by atoms with Gasteiger partial charge in [0.05, 0.1) is 12.7 Å². The highest BCUT2D eigenvalue weighted by atomic mass is 32.1. The van der Waals surface area contributed by atoms with Crippen molar-refractivity contribution >= 4 is 22.6 Å². The first-order valence-corrected chi connectivity index (χ1v) is 10.8. The number of anilines is 1. The Kier molecular flexibility index (Phi) is 8.10. The Labute approximate surface area is 166 Å². The predicted octanol–water partition coefficient (Wildman–Crippen LogP) is 1.38. The minimum absolute atomic E-state index is 0.309. The zero-order valence-electron chi connectivity index (χ0n) is 16.5. The van der Waals surface area contributed by atoms with Gasteiger partial charge in [0, 0.05) is 70.9 Å². The Morgan fingerprint density at radius 3 is 2.89 bits per heavy atom. The fourth-order valence-electron chi connectivity index (χ4n) is 3.32. The number of nitrogens with zero attached hydrogens (tertiary/aromatic N) is 5. The van der Waals surface area contributed by atoms with Crippen LogP contribution in [0.1, 0.15) is 32.0 Å². The molecule has 8 nitrogen and oxygen atoms in total. The van der Waals surface area contributed by atoms with E-state index in [-0.39, 0.29) is 0 Å². The molecule has 1 aromatic heterocycles. The van der Waals surface area contributed by atoms with Crippen LogP contribution in [0.4, 0.5) is 5.13 Å². The Balaban J connectivity index is 1.31. The molecule has 0 aliphatic carbocycles. The number of aliphatic imine (C=N–C) groups is 1. The Morgan fingerprint density at radius 1 is 1.37 bits per heavy atom. The van der Waals surface area contributed by atoms with Gasteiger partial charge in [-0.15, -0.1) is 0 Å². The zero-order chi connectivity index (χ0) is 18.9. The molecule has 1 N–H and O–H groups in total. The summed E-state index contributed by atoms with van der Waals surface area (Å²) in [6, 6.07) is 0. The van der Waals surface area contributed by atoms with Crippen LogP contribution < -0.4 is 10.2 Å². The molecule has 9 heteroatoms. The van der Waals surface area contributed by atoms with Gasteiger partial charge in [0.25, 0.3) is 0 Å². The Bertz CT molecular complexity index is 582. The predicted molar refractivity (Wildman–Crippen MR) is 109 cm³/mol. The first-order chi connectivity index (χ1) is 13.3. The molecule has 2 aliphatic heterocycles. The average molecular weight is 397 g/mol. The first-order valence-electron chi connectivity index (χ1n) is 10.0. The lowest BCUT2D eigenvalue weighted by Crippen LogP contribution is -2.52. The van der Waals surface area contributed by atoms with Gasteiger partial charge < -0.3 is 24.6 Å². The minimum atomic E-state index is 0.309. The third-order valence-electron chi connectivity index (χ3n) is 4.91. The lowest BCUT2D eigenvalue weighted by atomic mass is 10.2. The van der Waals surface area contributed by atoms with Crippen LogP contribution in [0, 0.1) is 0 Å². The summed E-state index contributed by atoms with van der Waals surface area (Å²) in [5.41, 5.74) is 0. The molecule has 1 aromatic rings. The van der Waals surface area contributed by atoms with Crippen LogP contribution in [-0.2, 0) is 15.9 Å². The van der Waals surface area contributed by atoms with Gasteiger partial charge in [-0.2, -0.15) is 4.37 Å². The Hall–Kier alpha value is -1.45. The first kappa shape index (κ1) is 20.3. The molecule has 152 valence electrons. The lowest BCUT2D eigenvalue weighted by molar-refractivity contribution is 0.0168. The molecule has 3 heterocycles. The molecule has 0 spiro atoms. The molecular weight excluding hydrogens is 364 g/mol. The van der Waals surface area contributed by atoms with Gasteiger partial charge in [-0.25, -0.2) is 4.98 Å². The van der Waals surface area contributed by atoms with E-state index in [0.717, 1.165) is 95.1 Å². The zero-order valence-corrected chi connectivity index (χ0v) is 17.3. The maximum absolute atomic E-state index is 5.72. The number of hydrogen-bond acceptors (Lipinski definition) is 7. The molecule has 27 heavy (non-hydrogen) atoms. The van der Waals surface area contributed by atoms with E-state index in [4.69, 9.17) is 9.47 Å². The number of piperazine rings is 1. The monoisotopic (exact) mass is 396 g/mol. The second-order valence-corrected chi connectivity index (χ2v) is 7.59. The molecule has 0 saturated carbocycles. The van der Waals surface area contributed by atoms with Crippen LogP contribution in [0.5, 0.6) is 0 Å². The van der Waals surface area contributed by atoms with Crippen molar-refractivity contribution in [1.29, 1.82) is 0 Å². The van der Waals surface area contributed by atoms with Gasteiger partial charge in [-0.05, 0) is 19.3 Å². The number of guanidine groups is 1. The molecule has 0 aromatic carbocycles. The highest BCUT2D eigenvalue weighted by Gasteiger charge is 2.22. The third kappa shape index (κ3) is 6.02. The fourth-order valence-corrected chi connectivity index (χ4v) is 4.12. The van der Waals surface area contributed by atoms with Crippen molar-refractivity contribution in [3.63, 3.8) is 0 Å². The normalized spacial score (nSPS) is 21.1. The number of ether oxygens (including phenoxy) is 2. The topological polar surface area (TPSA) is 75.1 Å². The van der Waals surface area contributed by atoms with Crippen LogP contribution in [0.3, 0.4) is 0 Å². The molecule has 2 fully saturated rings. The molecular formula is C18H32N6O2S. The largest absolute Gasteiger partial charge is 0.379 e. The number of aromatic nitrogens is 2. The van der Waals surface area contributed by atoms with Crippen molar-refractivity contribution in [1.82, 2.24) is 19.6 Å². The van der Waals surface area contributed by atoms with Crippen LogP contribution in [0.25, 0.3) is 0 Å². The fraction of sp³-hybridized carbons (Fsp3) is 0.833. The van der Waals surface area contributed by atoms with Gasteiger partial charge in [0.15, 0.2) is 5.96 Å². The van der Waals surface area contributed by atoms with Crippen LogP contribution in [0.2, 0.25) is 0 Å². The standard InChI is InChI=1S/C18H32N6O2S/c1-3-16-21-18(27-22-16)24-10-8-23(9-11-24)17(19-2)20-7-5-12-25-14-15-6-4-13-26-15/h15H,3-14H2,1-2H3,(H,19,20). The van der Waals surface area contributed by atoms with Crippen molar-refractivity contribution in [3.05, 3.63) is 5.82 Å². The van der Waals surface area contributed by atoms with Crippen LogP contribution in [0.15, 0.2) is 4.99 Å². The molecule has 2 aliphatic rings. The van der Waals surface area contributed by atoms with E-state index in [1.807, 2.05) is 7.05 Å². The summed E-state index contributed by atoms with van der Waals surface area (Å²) < 4.78 is 15.7. The maximum atomic E-state index is 5.72. The van der Waals surface area contributed by atoms with Crippen molar-refractivity contribution in [3.8, 4) is 0 Å². The van der Waals surface area contributed by atoms with Crippen LogP contribution >= 0.6 is 11.5 Å². The summed E-state index contributed by atoms with van der Waals surface area (Å²) in [5, 5.41) is 4.50. The number of aryl methyl sites for hydroxylation is 1. The van der Waals surface area contributed by atoms with E-state index in [1.54, 1.807) is 0 Å². The summed E-state index contributed by atoms with van der Waals surface area (Å²) in [4.78, 5) is 13.7. The molecule has 0 bridgehead atoms. The lowest BCUT2D eigenvalue weighted by Gasteiger charge is -2.36. The summed E-state index contributed by atoms with van der Waals surface area (Å²) in [5.74, 6) is 1.91. The highest BCUT2D eigenvalue weighted by molar-refractivity contribution is 7.09. The van der Waals surface area contributed by atoms with E-state index < -0.39 is 0 Å². The Morgan fingerprint density at radius 2 is 2.22 bits per heavy atom. The van der Waals surface area contributed by atoms with Crippen molar-refractivity contribution in [2.24, 2.45) is 4.99 Å². The summed E-state index contributed by atoms with van der Waals surface area (Å²) >= 11 is 1.50. The second kappa shape index (κ2) is 10.8. The van der Waals surface area contributed by atoms with E-state index >= 15 is 0 Å². The maximum Gasteiger partial charge on any atom is 0.205 e. The molecule has 0 radical (unpaired) electrons. The second-order valence-electron chi connectivity index (χ2n) is 6.86. The molecule has 0 amide bonds. The third-order valence-corrected chi connectivity index (χ3v) is 5.73. The number of rotatable bonds is 8. The number of nitrogens with one attached hydrogen (secondary N) is 1. The molecule has 1 unspecified atom stereocenters. The summed E-state index contributed by atoms with van der Waals surface area (Å²) in [7, 11) is 1.85. The number of hydrogen-bond donors (Lipinski definition) is 1. The molecule has 1 atom stereocenters. The average Bonchev–Trinajstić information content (AvgIpc) is 3.39. The highest BCUT2D eigenvalue weighted by Crippen LogP contribution is 2.19. The van der Waals surface area contributed by atoms with E-state index in [1.165, 1.54) is 11.5 Å². The van der Waals surface area contributed by atoms with Crippen molar-refractivity contribution in [2.75, 3.05) is 64.5 Å². The van der Waals surface area contributed by atoms with Gasteiger partial charge in [0.2, 0.25) is 5.13 Å². The van der Waals surface area contributed by atoms with E-state index in [9.17, 15) is 0 Å².